The first-order valence-corrected chi connectivity index (χ1v) is 17.0. The predicted molar refractivity (Wildman–Crippen MR) is 185 cm³/mol. The van der Waals surface area contributed by atoms with Gasteiger partial charge in [0, 0.05) is 16.0 Å². The summed E-state index contributed by atoms with van der Waals surface area (Å²) >= 11 is 7.79. The number of rotatable bonds is 10. The van der Waals surface area contributed by atoms with Crippen LogP contribution in [0.2, 0.25) is 0 Å². The summed E-state index contributed by atoms with van der Waals surface area (Å²) in [4.78, 5) is 0.167. The van der Waals surface area contributed by atoms with Gasteiger partial charge in [0.15, 0.2) is 0 Å². The van der Waals surface area contributed by atoms with Gasteiger partial charge in [0.2, 0.25) is 10.0 Å². The summed E-state index contributed by atoms with van der Waals surface area (Å²) in [5.41, 5.74) is 3.08. The van der Waals surface area contributed by atoms with Crippen molar-refractivity contribution in [3.05, 3.63) is 166 Å². The van der Waals surface area contributed by atoms with Gasteiger partial charge in [-0.25, -0.2) is 8.42 Å². The van der Waals surface area contributed by atoms with Crippen LogP contribution in [-0.2, 0) is 15.4 Å². The molecular formula is C39H36ClNO4S. The fraction of sp³-hybridized carbons (Fsp3) is 0.179. The summed E-state index contributed by atoms with van der Waals surface area (Å²) in [6.45, 7) is 3.99. The van der Waals surface area contributed by atoms with E-state index in [0.29, 0.717) is 16.5 Å². The smallest absolute Gasteiger partial charge is 0.241 e. The maximum Gasteiger partial charge on any atom is 0.241 e. The molecule has 2 atom stereocenters. The highest BCUT2D eigenvalue weighted by Crippen LogP contribution is 2.71. The summed E-state index contributed by atoms with van der Waals surface area (Å²) < 4.78 is 43.1. The zero-order chi connectivity index (χ0) is 32.5. The summed E-state index contributed by atoms with van der Waals surface area (Å²) in [5, 5.41) is 0.403. The van der Waals surface area contributed by atoms with E-state index in [2.05, 4.69) is 11.6 Å². The minimum atomic E-state index is -4.08. The SMILES string of the molecule is COc1ccc(C2(c3ccc(OC)cc3)C(C)C2(NS(=O)(=O)c2ccc(C)cc2)C(Cl)=C(c2ccccc2)c2ccccc2)cc1. The van der Waals surface area contributed by atoms with Gasteiger partial charge in [-0.15, -0.1) is 0 Å². The monoisotopic (exact) mass is 649 g/mol. The molecule has 5 aromatic rings. The summed E-state index contributed by atoms with van der Waals surface area (Å²) in [6.07, 6.45) is 0. The van der Waals surface area contributed by atoms with Gasteiger partial charge in [-0.3, -0.25) is 0 Å². The Bertz CT molecular complexity index is 1870. The third-order valence-electron chi connectivity index (χ3n) is 9.25. The van der Waals surface area contributed by atoms with E-state index in [1.54, 1.807) is 38.5 Å². The Morgan fingerprint density at radius 2 is 1.11 bits per heavy atom. The summed E-state index contributed by atoms with van der Waals surface area (Å²) in [7, 11) is -0.830. The molecule has 1 fully saturated rings. The van der Waals surface area contributed by atoms with E-state index in [0.717, 1.165) is 33.4 Å². The molecule has 7 heteroatoms. The normalized spacial score (nSPS) is 18.4. The van der Waals surface area contributed by atoms with E-state index in [1.807, 2.05) is 116 Å². The van der Waals surface area contributed by atoms with Gasteiger partial charge in [0.05, 0.1) is 24.7 Å². The van der Waals surface area contributed by atoms with E-state index in [9.17, 15) is 8.42 Å². The number of ether oxygens (including phenoxy) is 2. The molecule has 0 heterocycles. The van der Waals surface area contributed by atoms with Gasteiger partial charge < -0.3 is 9.47 Å². The van der Waals surface area contributed by atoms with Crippen LogP contribution >= 0.6 is 11.6 Å². The highest BCUT2D eigenvalue weighted by Gasteiger charge is 2.79. The van der Waals surface area contributed by atoms with Crippen molar-refractivity contribution < 1.29 is 17.9 Å². The van der Waals surface area contributed by atoms with Crippen molar-refractivity contribution in [2.24, 2.45) is 5.92 Å². The Kier molecular flexibility index (Phi) is 8.55. The number of halogens is 1. The molecule has 0 amide bonds. The van der Waals surface area contributed by atoms with Crippen LogP contribution in [-0.4, -0.2) is 28.2 Å². The van der Waals surface area contributed by atoms with Crippen molar-refractivity contribution in [3.63, 3.8) is 0 Å². The number of hydrogen-bond acceptors (Lipinski definition) is 4. The summed E-state index contributed by atoms with van der Waals surface area (Å²) in [6, 6.07) is 42.2. The first kappa shape index (κ1) is 31.6. The molecule has 0 aromatic heterocycles. The average Bonchev–Trinajstić information content (AvgIpc) is 3.63. The first-order valence-electron chi connectivity index (χ1n) is 15.1. The second kappa shape index (κ2) is 12.4. The molecule has 1 saturated carbocycles. The number of benzene rings is 5. The molecule has 5 aromatic carbocycles. The van der Waals surface area contributed by atoms with E-state index >= 15 is 0 Å². The molecule has 1 aliphatic carbocycles. The van der Waals surface area contributed by atoms with Crippen LogP contribution in [0, 0.1) is 12.8 Å². The van der Waals surface area contributed by atoms with Gasteiger partial charge in [0.1, 0.15) is 11.5 Å². The van der Waals surface area contributed by atoms with Crippen LogP contribution in [0.5, 0.6) is 11.5 Å². The van der Waals surface area contributed by atoms with Crippen molar-refractivity contribution in [1.82, 2.24) is 4.72 Å². The van der Waals surface area contributed by atoms with Crippen molar-refractivity contribution in [2.75, 3.05) is 14.2 Å². The third-order valence-corrected chi connectivity index (χ3v) is 11.2. The minimum absolute atomic E-state index is 0.167. The molecule has 0 radical (unpaired) electrons. The number of hydrogen-bond donors (Lipinski definition) is 1. The fourth-order valence-corrected chi connectivity index (χ4v) is 8.99. The Morgan fingerprint density at radius 1 is 0.674 bits per heavy atom. The maximum absolute atomic E-state index is 14.5. The topological polar surface area (TPSA) is 64.6 Å². The van der Waals surface area contributed by atoms with E-state index in [4.69, 9.17) is 21.1 Å². The Labute approximate surface area is 276 Å². The van der Waals surface area contributed by atoms with Crippen LogP contribution in [0.15, 0.2) is 143 Å². The number of methoxy groups -OCH3 is 2. The van der Waals surface area contributed by atoms with Crippen LogP contribution < -0.4 is 14.2 Å². The molecule has 0 spiro atoms. The largest absolute Gasteiger partial charge is 0.497 e. The lowest BCUT2D eigenvalue weighted by Crippen LogP contribution is -2.44. The Morgan fingerprint density at radius 3 is 1.52 bits per heavy atom. The predicted octanol–water partition coefficient (Wildman–Crippen LogP) is 8.36. The minimum Gasteiger partial charge on any atom is -0.497 e. The van der Waals surface area contributed by atoms with Gasteiger partial charge in [-0.05, 0) is 71.5 Å². The molecule has 5 nitrogen and oxygen atoms in total. The third kappa shape index (κ3) is 5.20. The lowest BCUT2D eigenvalue weighted by atomic mass is 9.81. The van der Waals surface area contributed by atoms with Crippen LogP contribution in [0.25, 0.3) is 5.57 Å². The number of nitrogens with one attached hydrogen (secondary N) is 1. The Balaban J connectivity index is 1.70. The molecule has 2 unspecified atom stereocenters. The fourth-order valence-electron chi connectivity index (χ4n) is 6.88. The van der Waals surface area contributed by atoms with Crippen molar-refractivity contribution in [1.29, 1.82) is 0 Å². The average molecular weight is 650 g/mol. The number of sulfonamides is 1. The van der Waals surface area contributed by atoms with Crippen LogP contribution in [0.4, 0.5) is 0 Å². The van der Waals surface area contributed by atoms with Gasteiger partial charge in [-0.1, -0.05) is 121 Å². The molecule has 1 N–H and O–H groups in total. The van der Waals surface area contributed by atoms with Crippen molar-refractivity contribution in [2.45, 2.75) is 29.7 Å². The molecule has 46 heavy (non-hydrogen) atoms. The van der Waals surface area contributed by atoms with Crippen molar-refractivity contribution in [3.8, 4) is 11.5 Å². The van der Waals surface area contributed by atoms with Gasteiger partial charge in [0.25, 0.3) is 0 Å². The highest BCUT2D eigenvalue weighted by atomic mass is 35.5. The molecule has 234 valence electrons. The molecule has 6 rings (SSSR count). The second-order valence-electron chi connectivity index (χ2n) is 11.6. The van der Waals surface area contributed by atoms with E-state index in [-0.39, 0.29) is 10.8 Å². The van der Waals surface area contributed by atoms with Gasteiger partial charge in [-0.2, -0.15) is 4.72 Å². The van der Waals surface area contributed by atoms with E-state index < -0.39 is 21.0 Å². The van der Waals surface area contributed by atoms with E-state index in [1.165, 1.54) is 0 Å². The molecule has 0 aliphatic heterocycles. The van der Waals surface area contributed by atoms with Crippen LogP contribution in [0.3, 0.4) is 0 Å². The molecule has 1 aliphatic rings. The quantitative estimate of drug-likeness (QED) is 0.165. The van der Waals surface area contributed by atoms with Gasteiger partial charge >= 0.3 is 0 Å². The molecular weight excluding hydrogens is 614 g/mol. The first-order chi connectivity index (χ1) is 22.2. The highest BCUT2D eigenvalue weighted by molar-refractivity contribution is 7.89. The molecule has 0 bridgehead atoms. The standard InChI is InChI=1S/C39H36ClNO4S/c1-27-15-25-35(26-16-27)46(42,43)41-39(37(40)36(29-11-7-5-8-12-29)30-13-9-6-10-14-30)28(2)38(39,31-17-21-33(44-3)22-18-31)32-19-23-34(45-4)24-20-32/h5-26,28,41H,1-4H3. The zero-order valence-electron chi connectivity index (χ0n) is 26.2. The second-order valence-corrected chi connectivity index (χ2v) is 13.7. The summed E-state index contributed by atoms with van der Waals surface area (Å²) in [5.74, 6) is 1.07. The van der Waals surface area contributed by atoms with Crippen molar-refractivity contribution >= 4 is 27.2 Å². The lowest BCUT2D eigenvalue weighted by molar-refractivity contribution is 0.414. The van der Waals surface area contributed by atoms with Crippen LogP contribution in [0.1, 0.15) is 34.7 Å². The lowest BCUT2D eigenvalue weighted by Gasteiger charge is -2.30. The maximum atomic E-state index is 14.5. The molecule has 0 saturated heterocycles. The number of aryl methyl sites for hydroxylation is 1. The Hall–Kier alpha value is -4.36. The zero-order valence-corrected chi connectivity index (χ0v) is 27.8.